The minimum Gasteiger partial charge on any atom is -0.478 e. The van der Waals surface area contributed by atoms with Crippen LogP contribution in [0.2, 0.25) is 0 Å². The van der Waals surface area contributed by atoms with Gasteiger partial charge < -0.3 is 15.2 Å². The second-order valence-corrected chi connectivity index (χ2v) is 6.20. The van der Waals surface area contributed by atoms with Gasteiger partial charge in [-0.05, 0) is 30.5 Å². The molecule has 0 radical (unpaired) electrons. The molecule has 0 aliphatic carbocycles. The fraction of sp³-hybridized carbons (Fsp3) is 0.316. The Labute approximate surface area is 135 Å². The molecule has 4 nitrogen and oxygen atoms in total. The summed E-state index contributed by atoms with van der Waals surface area (Å²) >= 11 is 0. The molecular weight excluding hydrogens is 290 g/mol. The van der Waals surface area contributed by atoms with Crippen molar-refractivity contribution in [2.24, 2.45) is 5.92 Å². The zero-order valence-electron chi connectivity index (χ0n) is 12.7. The minimum absolute atomic E-state index is 0.0352. The van der Waals surface area contributed by atoms with Crippen LogP contribution in [-0.2, 0) is 4.74 Å². The number of fused-ring (bicyclic) bond motifs is 3. The molecule has 1 saturated heterocycles. The third-order valence-corrected chi connectivity index (χ3v) is 4.90. The maximum atomic E-state index is 11.6. The number of aromatic carboxylic acids is 1. The van der Waals surface area contributed by atoms with Crippen LogP contribution < -0.4 is 5.32 Å². The number of anilines is 1. The number of ether oxygens (including phenoxy) is 1. The zero-order valence-corrected chi connectivity index (χ0v) is 12.7. The van der Waals surface area contributed by atoms with Crippen LogP contribution in [0, 0.1) is 5.92 Å². The standard InChI is InChI=1S/C19H19NO3/c21-19(22)13-7-2-1-6-12(13)17-15-9-5-11-23-18(15)14-8-3-4-10-16(14)20-17/h1-4,6-8,10,15,17-18,20H,5,9,11H2,(H,21,22). The van der Waals surface area contributed by atoms with Gasteiger partial charge in [-0.15, -0.1) is 0 Å². The molecule has 2 N–H and O–H groups in total. The highest BCUT2D eigenvalue weighted by atomic mass is 16.5. The fourth-order valence-corrected chi connectivity index (χ4v) is 3.89. The Morgan fingerprint density at radius 2 is 1.83 bits per heavy atom. The smallest absolute Gasteiger partial charge is 0.336 e. The molecule has 0 saturated carbocycles. The molecule has 3 unspecified atom stereocenters. The van der Waals surface area contributed by atoms with Crippen LogP contribution in [0.4, 0.5) is 5.69 Å². The van der Waals surface area contributed by atoms with E-state index < -0.39 is 5.97 Å². The molecule has 2 aromatic carbocycles. The molecule has 0 bridgehead atoms. The van der Waals surface area contributed by atoms with Crippen LogP contribution in [0.25, 0.3) is 0 Å². The van der Waals surface area contributed by atoms with Gasteiger partial charge >= 0.3 is 5.97 Å². The van der Waals surface area contributed by atoms with Crippen molar-refractivity contribution < 1.29 is 14.6 Å². The van der Waals surface area contributed by atoms with Gasteiger partial charge in [0.2, 0.25) is 0 Å². The van der Waals surface area contributed by atoms with Gasteiger partial charge in [0.15, 0.2) is 0 Å². The number of para-hydroxylation sites is 1. The number of hydrogen-bond acceptors (Lipinski definition) is 3. The van der Waals surface area contributed by atoms with Crippen molar-refractivity contribution in [2.45, 2.75) is 25.0 Å². The van der Waals surface area contributed by atoms with Crippen LogP contribution in [0.1, 0.15) is 46.5 Å². The topological polar surface area (TPSA) is 58.6 Å². The normalized spacial score (nSPS) is 25.8. The highest BCUT2D eigenvalue weighted by Gasteiger charge is 2.40. The first-order chi connectivity index (χ1) is 11.3. The first-order valence-electron chi connectivity index (χ1n) is 8.05. The lowest BCUT2D eigenvalue weighted by atomic mass is 9.76. The van der Waals surface area contributed by atoms with E-state index in [1.54, 1.807) is 12.1 Å². The third kappa shape index (κ3) is 2.39. The summed E-state index contributed by atoms with van der Waals surface area (Å²) in [6.45, 7) is 0.767. The van der Waals surface area contributed by atoms with E-state index in [1.807, 2.05) is 30.3 Å². The largest absolute Gasteiger partial charge is 0.478 e. The van der Waals surface area contributed by atoms with Crippen molar-refractivity contribution in [2.75, 3.05) is 11.9 Å². The number of hydrogen-bond donors (Lipinski definition) is 2. The second kappa shape index (κ2) is 5.70. The molecule has 2 aliphatic rings. The zero-order chi connectivity index (χ0) is 15.8. The number of nitrogens with one attached hydrogen (secondary N) is 1. The van der Waals surface area contributed by atoms with Crippen LogP contribution in [0.3, 0.4) is 0 Å². The van der Waals surface area contributed by atoms with Gasteiger partial charge in [-0.1, -0.05) is 36.4 Å². The molecule has 2 aliphatic heterocycles. The lowest BCUT2D eigenvalue weighted by molar-refractivity contribution is -0.0382. The van der Waals surface area contributed by atoms with Crippen molar-refractivity contribution >= 4 is 11.7 Å². The maximum absolute atomic E-state index is 11.6. The van der Waals surface area contributed by atoms with Crippen molar-refractivity contribution in [3.05, 3.63) is 65.2 Å². The van der Waals surface area contributed by atoms with Gasteiger partial charge in [0, 0.05) is 23.8 Å². The summed E-state index contributed by atoms with van der Waals surface area (Å²) < 4.78 is 6.07. The summed E-state index contributed by atoms with van der Waals surface area (Å²) in [5, 5.41) is 13.1. The summed E-state index contributed by atoms with van der Waals surface area (Å²) in [6, 6.07) is 15.4. The van der Waals surface area contributed by atoms with Gasteiger partial charge in [-0.3, -0.25) is 0 Å². The quantitative estimate of drug-likeness (QED) is 0.879. The van der Waals surface area contributed by atoms with Crippen molar-refractivity contribution in [1.29, 1.82) is 0 Å². The highest BCUT2D eigenvalue weighted by molar-refractivity contribution is 5.89. The summed E-state index contributed by atoms with van der Waals surface area (Å²) in [5.41, 5.74) is 3.44. The van der Waals surface area contributed by atoms with E-state index in [2.05, 4.69) is 11.4 Å². The average molecular weight is 309 g/mol. The monoisotopic (exact) mass is 309 g/mol. The van der Waals surface area contributed by atoms with E-state index in [-0.39, 0.29) is 18.1 Å². The van der Waals surface area contributed by atoms with Gasteiger partial charge in [-0.25, -0.2) is 4.79 Å². The molecule has 3 atom stereocenters. The molecule has 2 heterocycles. The van der Waals surface area contributed by atoms with E-state index in [0.29, 0.717) is 5.56 Å². The Morgan fingerprint density at radius 3 is 2.65 bits per heavy atom. The average Bonchev–Trinajstić information content (AvgIpc) is 2.61. The molecule has 1 fully saturated rings. The Bertz CT molecular complexity index is 743. The second-order valence-electron chi connectivity index (χ2n) is 6.20. The minimum atomic E-state index is -0.880. The predicted molar refractivity (Wildman–Crippen MR) is 87.6 cm³/mol. The molecule has 23 heavy (non-hydrogen) atoms. The first kappa shape index (κ1) is 14.3. The molecule has 2 aromatic rings. The number of carboxylic acid groups (broad SMARTS) is 1. The molecule has 0 spiro atoms. The van der Waals surface area contributed by atoms with Gasteiger partial charge in [0.05, 0.1) is 17.7 Å². The third-order valence-electron chi connectivity index (χ3n) is 4.90. The number of benzene rings is 2. The fourth-order valence-electron chi connectivity index (χ4n) is 3.89. The Kier molecular flexibility index (Phi) is 3.54. The maximum Gasteiger partial charge on any atom is 0.336 e. The SMILES string of the molecule is O=C(O)c1ccccc1C1Nc2ccccc2C2OCCCC12. The molecule has 0 amide bonds. The summed E-state index contributed by atoms with van der Waals surface area (Å²) in [4.78, 5) is 11.6. The first-order valence-corrected chi connectivity index (χ1v) is 8.05. The number of carboxylic acids is 1. The van der Waals surface area contributed by atoms with Gasteiger partial charge in [0.25, 0.3) is 0 Å². The van der Waals surface area contributed by atoms with Crippen LogP contribution in [0.15, 0.2) is 48.5 Å². The van der Waals surface area contributed by atoms with E-state index >= 15 is 0 Å². The lowest BCUT2D eigenvalue weighted by Gasteiger charge is -2.43. The molecule has 4 heteroatoms. The summed E-state index contributed by atoms with van der Waals surface area (Å²) in [6.07, 6.45) is 2.08. The molecule has 0 aromatic heterocycles. The molecule has 4 rings (SSSR count). The molecule has 118 valence electrons. The Balaban J connectivity index is 1.82. The Hall–Kier alpha value is -2.33. The predicted octanol–water partition coefficient (Wildman–Crippen LogP) is 4.02. The van der Waals surface area contributed by atoms with E-state index in [4.69, 9.17) is 4.74 Å². The van der Waals surface area contributed by atoms with Crippen LogP contribution >= 0.6 is 0 Å². The van der Waals surface area contributed by atoms with E-state index in [1.165, 1.54) is 5.56 Å². The van der Waals surface area contributed by atoms with Crippen molar-refractivity contribution in [1.82, 2.24) is 0 Å². The van der Waals surface area contributed by atoms with Crippen LogP contribution in [0.5, 0.6) is 0 Å². The van der Waals surface area contributed by atoms with Gasteiger partial charge in [-0.2, -0.15) is 0 Å². The summed E-state index contributed by atoms with van der Waals surface area (Å²) in [7, 11) is 0. The number of rotatable bonds is 2. The van der Waals surface area contributed by atoms with E-state index in [0.717, 1.165) is 30.7 Å². The summed E-state index contributed by atoms with van der Waals surface area (Å²) in [5.74, 6) is -0.631. The lowest BCUT2D eigenvalue weighted by Crippen LogP contribution is -2.36. The van der Waals surface area contributed by atoms with E-state index in [9.17, 15) is 9.90 Å². The molecular formula is C19H19NO3. The van der Waals surface area contributed by atoms with Crippen molar-refractivity contribution in [3.63, 3.8) is 0 Å². The van der Waals surface area contributed by atoms with Crippen LogP contribution in [-0.4, -0.2) is 17.7 Å². The highest BCUT2D eigenvalue weighted by Crippen LogP contribution is 2.49. The Morgan fingerprint density at radius 1 is 1.09 bits per heavy atom. The number of carbonyl (C=O) groups is 1. The van der Waals surface area contributed by atoms with Crippen molar-refractivity contribution in [3.8, 4) is 0 Å². The van der Waals surface area contributed by atoms with Gasteiger partial charge in [0.1, 0.15) is 0 Å².